The van der Waals surface area contributed by atoms with Crippen LogP contribution in [0.1, 0.15) is 132 Å². The molecule has 0 spiro atoms. The van der Waals surface area contributed by atoms with Gasteiger partial charge < -0.3 is 38.8 Å². The van der Waals surface area contributed by atoms with Gasteiger partial charge in [0.2, 0.25) is 5.79 Å². The highest BCUT2D eigenvalue weighted by atomic mass is 16.6. The van der Waals surface area contributed by atoms with E-state index < -0.39 is 77.8 Å². The molecule has 1 unspecified atom stereocenters. The molecular weight excluding hydrogens is 887 g/mol. The number of methoxy groups -OCH3 is 3. The van der Waals surface area contributed by atoms with Gasteiger partial charge in [0.15, 0.2) is 12.1 Å². The first-order valence-electron chi connectivity index (χ1n) is 25.0. The number of esters is 1. The van der Waals surface area contributed by atoms with Gasteiger partial charge in [-0.25, -0.2) is 4.79 Å². The number of fused-ring (bicyclic) bond motifs is 3. The maximum Gasteiger partial charge on any atom is 0.329 e. The molecule has 1 aromatic heterocycles. The molecule has 0 aromatic carbocycles. The van der Waals surface area contributed by atoms with Gasteiger partial charge in [0, 0.05) is 58.5 Å². The molecule has 2 N–H and O–H groups in total. The molecule has 2 saturated heterocycles. The Morgan fingerprint density at radius 2 is 1.64 bits per heavy atom. The summed E-state index contributed by atoms with van der Waals surface area (Å²) in [5, 5.41) is 35.7. The summed E-state index contributed by atoms with van der Waals surface area (Å²) in [7, 11) is 4.61. The summed E-state index contributed by atoms with van der Waals surface area (Å²) in [5.41, 5.74) is 1.27. The van der Waals surface area contributed by atoms with Gasteiger partial charge in [-0.05, 0) is 112 Å². The van der Waals surface area contributed by atoms with Crippen molar-refractivity contribution in [2.75, 3.05) is 27.9 Å². The van der Waals surface area contributed by atoms with Crippen molar-refractivity contribution in [1.29, 1.82) is 0 Å². The van der Waals surface area contributed by atoms with Crippen LogP contribution in [0.4, 0.5) is 0 Å². The standard InChI is InChI=1S/C52H79N5O12/c1-31-16-12-11-13-17-32(2)43(65-8)28-39-21-19-37(7)52(64,69-39)49(61)50(62)56-23-15-14-18-41(56)51(63)68-44(34(4)26-38-20-22-40(45(27-38)66-9)57-54-30-53-55-57)29-42(58)33(3)25-36(6)47(60)48(67-10)46(59)35(5)24-31/h11-13,16-17,25,30-31,33-35,37-41,43-45,47-48,60,64H,14-15,18-24,26-29H2,1-10H3/t31-,33-,34-,35-,37-,38+,39+,40+,41+,43?,44+,45-,47-,48+,52-/m1/s1. The van der Waals surface area contributed by atoms with E-state index in [4.69, 9.17) is 23.7 Å². The predicted octanol–water partition coefficient (Wildman–Crippen LogP) is 6.05. The SMILES string of the molecule is COC1C[C@@H]2CC[C@@H](C)[C@@](O)(O2)C(=O)C(=O)N2CCCC[C@H]2C(=O)O[C@H]([C@H](C)C[C@@H]2CC[C@H](n3ncnn3)[C@H](OC)C2)CC(=O)[C@H](C)C=C(C)[C@@H](O)[C@@H](OC)C(=O)[C@H](C)C[C@H](C)C=CC=CC=C1C. The summed E-state index contributed by atoms with van der Waals surface area (Å²) in [6.07, 6.45) is 13.7. The molecule has 1 aliphatic carbocycles. The highest BCUT2D eigenvalue weighted by molar-refractivity contribution is 6.39. The molecular formula is C52H79N5O12. The number of hydrogen-bond acceptors (Lipinski definition) is 15. The number of aromatic nitrogens is 4. The van der Waals surface area contributed by atoms with Crippen molar-refractivity contribution in [3.63, 3.8) is 0 Å². The fourth-order valence-corrected chi connectivity index (χ4v) is 10.7. The topological polar surface area (TPSA) is 219 Å². The first kappa shape index (κ1) is 55.7. The quantitative estimate of drug-likeness (QED) is 0.181. The lowest BCUT2D eigenvalue weighted by Crippen LogP contribution is -2.61. The Bertz CT molecular complexity index is 2020. The third-order valence-corrected chi connectivity index (χ3v) is 15.1. The average molecular weight is 966 g/mol. The Hall–Kier alpha value is -4.26. The summed E-state index contributed by atoms with van der Waals surface area (Å²) in [5.74, 6) is -7.94. The van der Waals surface area contributed by atoms with Crippen molar-refractivity contribution in [2.24, 2.45) is 35.5 Å². The molecule has 5 rings (SSSR count). The van der Waals surface area contributed by atoms with Crippen molar-refractivity contribution in [2.45, 2.75) is 180 Å². The fourth-order valence-electron chi connectivity index (χ4n) is 10.7. The van der Waals surface area contributed by atoms with E-state index in [1.165, 1.54) is 18.3 Å². The van der Waals surface area contributed by atoms with E-state index >= 15 is 0 Å². The molecule has 384 valence electrons. The molecule has 17 nitrogen and oxygen atoms in total. The Morgan fingerprint density at radius 1 is 0.884 bits per heavy atom. The molecule has 3 fully saturated rings. The Kier molecular flexibility index (Phi) is 20.8. The molecule has 1 saturated carbocycles. The number of piperidine rings is 1. The molecule has 4 aliphatic rings. The van der Waals surface area contributed by atoms with Gasteiger partial charge in [-0.15, -0.1) is 10.2 Å². The van der Waals surface area contributed by atoms with E-state index in [0.29, 0.717) is 56.9 Å². The molecule has 17 heteroatoms. The van der Waals surface area contributed by atoms with Gasteiger partial charge in [-0.3, -0.25) is 19.2 Å². The molecule has 1 aromatic rings. The van der Waals surface area contributed by atoms with Gasteiger partial charge >= 0.3 is 5.97 Å². The molecule has 69 heavy (non-hydrogen) atoms. The van der Waals surface area contributed by atoms with Crippen molar-refractivity contribution >= 4 is 29.2 Å². The fraction of sp³-hybridized carbons (Fsp3) is 0.731. The van der Waals surface area contributed by atoms with Crippen LogP contribution in [0.2, 0.25) is 0 Å². The Labute approximate surface area is 408 Å². The number of cyclic esters (lactones) is 1. The van der Waals surface area contributed by atoms with E-state index in [0.717, 1.165) is 18.4 Å². The van der Waals surface area contributed by atoms with Crippen LogP contribution >= 0.6 is 0 Å². The number of carbonyl (C=O) groups is 5. The number of aliphatic hydroxyl groups is 2. The molecule has 1 amide bonds. The molecule has 2 bridgehead atoms. The smallest absolute Gasteiger partial charge is 0.329 e. The lowest BCUT2D eigenvalue weighted by molar-refractivity contribution is -0.265. The van der Waals surface area contributed by atoms with E-state index in [1.807, 2.05) is 58.1 Å². The third-order valence-electron chi connectivity index (χ3n) is 15.1. The number of ether oxygens (including phenoxy) is 5. The van der Waals surface area contributed by atoms with Crippen LogP contribution in [0, 0.1) is 35.5 Å². The minimum Gasteiger partial charge on any atom is -0.460 e. The third kappa shape index (κ3) is 14.2. The van der Waals surface area contributed by atoms with Crippen LogP contribution in [0.3, 0.4) is 0 Å². The number of rotatable bonds is 7. The summed E-state index contributed by atoms with van der Waals surface area (Å²) in [4.78, 5) is 73.9. The van der Waals surface area contributed by atoms with E-state index in [-0.39, 0.29) is 60.9 Å². The molecule has 0 radical (unpaired) electrons. The molecule has 3 aliphatic heterocycles. The summed E-state index contributed by atoms with van der Waals surface area (Å²) < 4.78 is 29.9. The maximum atomic E-state index is 14.5. The zero-order valence-electron chi connectivity index (χ0n) is 42.5. The van der Waals surface area contributed by atoms with Crippen molar-refractivity contribution < 1.29 is 57.9 Å². The van der Waals surface area contributed by atoms with Crippen LogP contribution in [0.15, 0.2) is 53.9 Å². The first-order valence-corrected chi connectivity index (χ1v) is 25.0. The number of allylic oxidation sites excluding steroid dienone is 6. The van der Waals surface area contributed by atoms with Crippen LogP contribution in [-0.4, -0.2) is 141 Å². The van der Waals surface area contributed by atoms with E-state index in [2.05, 4.69) is 15.4 Å². The lowest BCUT2D eigenvalue weighted by Gasteiger charge is -2.42. The van der Waals surface area contributed by atoms with Crippen LogP contribution in [-0.2, 0) is 47.7 Å². The predicted molar refractivity (Wildman–Crippen MR) is 256 cm³/mol. The monoisotopic (exact) mass is 966 g/mol. The van der Waals surface area contributed by atoms with E-state index in [9.17, 15) is 34.2 Å². The number of tetrazole rings is 1. The summed E-state index contributed by atoms with van der Waals surface area (Å²) in [6.45, 7) is 12.8. The lowest BCUT2D eigenvalue weighted by atomic mass is 9.77. The average Bonchev–Trinajstić information content (AvgIpc) is 3.88. The van der Waals surface area contributed by atoms with Crippen LogP contribution in [0.5, 0.6) is 0 Å². The van der Waals surface area contributed by atoms with Crippen molar-refractivity contribution in [3.05, 3.63) is 53.9 Å². The number of Topliss-reactive ketones (excluding diaryl/α,β-unsaturated/α-hetero) is 3. The normalized spacial score (nSPS) is 36.3. The second kappa shape index (κ2) is 25.7. The zero-order chi connectivity index (χ0) is 50.6. The number of nitrogens with zero attached hydrogens (tertiary/aromatic N) is 5. The number of ketones is 3. The second-order valence-corrected chi connectivity index (χ2v) is 20.3. The van der Waals surface area contributed by atoms with Crippen LogP contribution < -0.4 is 0 Å². The van der Waals surface area contributed by atoms with E-state index in [1.54, 1.807) is 45.9 Å². The van der Waals surface area contributed by atoms with Crippen molar-refractivity contribution in [3.8, 4) is 0 Å². The van der Waals surface area contributed by atoms with Crippen molar-refractivity contribution in [1.82, 2.24) is 25.1 Å². The Morgan fingerprint density at radius 3 is 2.32 bits per heavy atom. The summed E-state index contributed by atoms with van der Waals surface area (Å²) in [6, 6.07) is -1.24. The van der Waals surface area contributed by atoms with Gasteiger partial charge in [0.1, 0.15) is 30.1 Å². The number of carbonyl (C=O) groups excluding carboxylic acids is 5. The first-order chi connectivity index (χ1) is 32.8. The highest BCUT2D eigenvalue weighted by Gasteiger charge is 2.53. The summed E-state index contributed by atoms with van der Waals surface area (Å²) >= 11 is 0. The largest absolute Gasteiger partial charge is 0.460 e. The number of hydrogen-bond donors (Lipinski definition) is 2. The van der Waals surface area contributed by atoms with Gasteiger partial charge in [-0.1, -0.05) is 71.1 Å². The minimum atomic E-state index is -2.43. The van der Waals surface area contributed by atoms with Crippen LogP contribution in [0.25, 0.3) is 0 Å². The molecule has 15 atom stereocenters. The zero-order valence-corrected chi connectivity index (χ0v) is 42.5. The minimum absolute atomic E-state index is 0.0168. The molecule has 4 heterocycles. The van der Waals surface area contributed by atoms with Gasteiger partial charge in [0.05, 0.1) is 24.4 Å². The number of amides is 1. The second-order valence-electron chi connectivity index (χ2n) is 20.3. The number of aliphatic hydroxyl groups excluding tert-OH is 1. The van der Waals surface area contributed by atoms with Gasteiger partial charge in [-0.2, -0.15) is 4.80 Å². The maximum absolute atomic E-state index is 14.5. The van der Waals surface area contributed by atoms with Gasteiger partial charge in [0.25, 0.3) is 11.7 Å². The highest BCUT2D eigenvalue weighted by Crippen LogP contribution is 2.39. The Balaban J connectivity index is 1.46.